The van der Waals surface area contributed by atoms with E-state index in [1.54, 1.807) is 14.2 Å². The van der Waals surface area contributed by atoms with E-state index in [4.69, 9.17) is 15.2 Å². The van der Waals surface area contributed by atoms with Gasteiger partial charge in [0.15, 0.2) is 11.5 Å². The van der Waals surface area contributed by atoms with E-state index in [0.29, 0.717) is 0 Å². The molecule has 0 saturated heterocycles. The quantitative estimate of drug-likeness (QED) is 0.913. The fourth-order valence-electron chi connectivity index (χ4n) is 2.16. The molecule has 0 aliphatic heterocycles. The standard InChI is InChI=1S/C16H19NO2/c1-11(17)13-6-4-5-7-14(13)12-8-9-15(18-2)16(10-12)19-3/h4-11H,17H2,1-3H3. The summed E-state index contributed by atoms with van der Waals surface area (Å²) in [7, 11) is 3.27. The molecular formula is C16H19NO2. The molecule has 3 heteroatoms. The van der Waals surface area contributed by atoms with Gasteiger partial charge in [-0.25, -0.2) is 0 Å². The van der Waals surface area contributed by atoms with Crippen molar-refractivity contribution in [1.29, 1.82) is 0 Å². The van der Waals surface area contributed by atoms with Crippen LogP contribution in [-0.2, 0) is 0 Å². The molecule has 19 heavy (non-hydrogen) atoms. The van der Waals surface area contributed by atoms with Gasteiger partial charge in [0.2, 0.25) is 0 Å². The first-order valence-corrected chi connectivity index (χ1v) is 6.24. The van der Waals surface area contributed by atoms with Gasteiger partial charge in [0, 0.05) is 6.04 Å². The lowest BCUT2D eigenvalue weighted by atomic mass is 9.96. The van der Waals surface area contributed by atoms with Crippen LogP contribution >= 0.6 is 0 Å². The minimum Gasteiger partial charge on any atom is -0.493 e. The van der Waals surface area contributed by atoms with E-state index in [9.17, 15) is 0 Å². The van der Waals surface area contributed by atoms with E-state index in [1.165, 1.54) is 0 Å². The molecular weight excluding hydrogens is 238 g/mol. The van der Waals surface area contributed by atoms with Crippen molar-refractivity contribution >= 4 is 0 Å². The molecule has 0 amide bonds. The topological polar surface area (TPSA) is 44.5 Å². The molecule has 0 aromatic heterocycles. The first-order valence-electron chi connectivity index (χ1n) is 6.24. The highest BCUT2D eigenvalue weighted by Crippen LogP contribution is 2.34. The zero-order valence-corrected chi connectivity index (χ0v) is 11.5. The van der Waals surface area contributed by atoms with Crippen LogP contribution in [0.15, 0.2) is 42.5 Å². The second kappa shape index (κ2) is 5.76. The zero-order chi connectivity index (χ0) is 13.8. The van der Waals surface area contributed by atoms with Gasteiger partial charge in [-0.1, -0.05) is 30.3 Å². The van der Waals surface area contributed by atoms with Crippen molar-refractivity contribution in [1.82, 2.24) is 0 Å². The third-order valence-corrected chi connectivity index (χ3v) is 3.15. The maximum Gasteiger partial charge on any atom is 0.161 e. The van der Waals surface area contributed by atoms with Crippen LogP contribution in [0.1, 0.15) is 18.5 Å². The summed E-state index contributed by atoms with van der Waals surface area (Å²) in [6.45, 7) is 1.99. The molecule has 2 rings (SSSR count). The Balaban J connectivity index is 2.53. The molecule has 3 nitrogen and oxygen atoms in total. The monoisotopic (exact) mass is 257 g/mol. The number of methoxy groups -OCH3 is 2. The second-order valence-corrected chi connectivity index (χ2v) is 4.45. The number of ether oxygens (including phenoxy) is 2. The van der Waals surface area contributed by atoms with Crippen molar-refractivity contribution in [2.45, 2.75) is 13.0 Å². The Hall–Kier alpha value is -2.00. The van der Waals surface area contributed by atoms with Gasteiger partial charge >= 0.3 is 0 Å². The minimum absolute atomic E-state index is 0.00991. The average Bonchev–Trinajstić information content (AvgIpc) is 2.46. The summed E-state index contributed by atoms with van der Waals surface area (Å²) >= 11 is 0. The highest BCUT2D eigenvalue weighted by atomic mass is 16.5. The lowest BCUT2D eigenvalue weighted by molar-refractivity contribution is 0.355. The number of rotatable bonds is 4. The molecule has 0 aliphatic rings. The highest BCUT2D eigenvalue weighted by Gasteiger charge is 2.11. The number of nitrogens with two attached hydrogens (primary N) is 1. The van der Waals surface area contributed by atoms with Crippen LogP contribution in [0.4, 0.5) is 0 Å². The summed E-state index contributed by atoms with van der Waals surface area (Å²) in [6.07, 6.45) is 0. The Labute approximate surface area is 114 Å². The van der Waals surface area contributed by atoms with Crippen molar-refractivity contribution in [2.24, 2.45) is 5.73 Å². The maximum atomic E-state index is 6.02. The van der Waals surface area contributed by atoms with Gasteiger partial charge in [-0.15, -0.1) is 0 Å². The molecule has 2 aromatic carbocycles. The molecule has 100 valence electrons. The Morgan fingerprint density at radius 3 is 2.26 bits per heavy atom. The van der Waals surface area contributed by atoms with Crippen LogP contribution < -0.4 is 15.2 Å². The van der Waals surface area contributed by atoms with Crippen molar-refractivity contribution in [3.63, 3.8) is 0 Å². The summed E-state index contributed by atoms with van der Waals surface area (Å²) in [5, 5.41) is 0. The summed E-state index contributed by atoms with van der Waals surface area (Å²) in [4.78, 5) is 0. The third kappa shape index (κ3) is 2.71. The lowest BCUT2D eigenvalue weighted by Crippen LogP contribution is -2.06. The molecule has 2 N–H and O–H groups in total. The van der Waals surface area contributed by atoms with Crippen LogP contribution in [0.3, 0.4) is 0 Å². The van der Waals surface area contributed by atoms with E-state index in [-0.39, 0.29) is 6.04 Å². The first kappa shape index (κ1) is 13.4. The van der Waals surface area contributed by atoms with E-state index in [2.05, 4.69) is 12.1 Å². The molecule has 1 unspecified atom stereocenters. The van der Waals surface area contributed by atoms with E-state index < -0.39 is 0 Å². The average molecular weight is 257 g/mol. The van der Waals surface area contributed by atoms with Gasteiger partial charge in [0.1, 0.15) is 0 Å². The van der Waals surface area contributed by atoms with Crippen LogP contribution in [0.5, 0.6) is 11.5 Å². The Kier molecular flexibility index (Phi) is 4.07. The summed E-state index contributed by atoms with van der Waals surface area (Å²) in [5.41, 5.74) is 9.34. The molecule has 0 fully saturated rings. The van der Waals surface area contributed by atoms with Gasteiger partial charge in [-0.2, -0.15) is 0 Å². The molecule has 0 spiro atoms. The predicted molar refractivity (Wildman–Crippen MR) is 77.6 cm³/mol. The van der Waals surface area contributed by atoms with Gasteiger partial charge in [-0.3, -0.25) is 0 Å². The fraction of sp³-hybridized carbons (Fsp3) is 0.250. The Bertz CT molecular complexity index is 564. The number of hydrogen-bond donors (Lipinski definition) is 1. The summed E-state index contributed by atoms with van der Waals surface area (Å²) < 4.78 is 10.6. The van der Waals surface area contributed by atoms with Crippen LogP contribution in [0.25, 0.3) is 11.1 Å². The lowest BCUT2D eigenvalue weighted by Gasteiger charge is -2.14. The van der Waals surface area contributed by atoms with Gasteiger partial charge < -0.3 is 15.2 Å². The van der Waals surface area contributed by atoms with E-state index >= 15 is 0 Å². The molecule has 2 aromatic rings. The third-order valence-electron chi connectivity index (χ3n) is 3.15. The molecule has 0 bridgehead atoms. The summed E-state index contributed by atoms with van der Waals surface area (Å²) in [6, 6.07) is 14.0. The van der Waals surface area contributed by atoms with Gasteiger partial charge in [0.05, 0.1) is 14.2 Å². The smallest absolute Gasteiger partial charge is 0.161 e. The minimum atomic E-state index is -0.00991. The Morgan fingerprint density at radius 2 is 1.63 bits per heavy atom. The zero-order valence-electron chi connectivity index (χ0n) is 11.5. The molecule has 0 saturated carbocycles. The fourth-order valence-corrected chi connectivity index (χ4v) is 2.16. The summed E-state index contributed by atoms with van der Waals surface area (Å²) in [5.74, 6) is 1.45. The molecule has 0 heterocycles. The Morgan fingerprint density at radius 1 is 0.947 bits per heavy atom. The van der Waals surface area contributed by atoms with Gasteiger partial charge in [0.25, 0.3) is 0 Å². The van der Waals surface area contributed by atoms with Crippen LogP contribution in [-0.4, -0.2) is 14.2 Å². The number of hydrogen-bond acceptors (Lipinski definition) is 3. The van der Waals surface area contributed by atoms with Crippen molar-refractivity contribution in [3.8, 4) is 22.6 Å². The normalized spacial score (nSPS) is 12.0. The highest BCUT2D eigenvalue weighted by molar-refractivity contribution is 5.70. The van der Waals surface area contributed by atoms with Crippen molar-refractivity contribution < 1.29 is 9.47 Å². The maximum absolute atomic E-state index is 6.02. The molecule has 1 atom stereocenters. The van der Waals surface area contributed by atoms with E-state index in [0.717, 1.165) is 28.2 Å². The largest absolute Gasteiger partial charge is 0.493 e. The SMILES string of the molecule is COc1ccc(-c2ccccc2C(C)N)cc1OC. The molecule has 0 aliphatic carbocycles. The van der Waals surface area contributed by atoms with Crippen LogP contribution in [0.2, 0.25) is 0 Å². The van der Waals surface area contributed by atoms with Crippen LogP contribution in [0, 0.1) is 0 Å². The van der Waals surface area contributed by atoms with Gasteiger partial charge in [-0.05, 0) is 35.7 Å². The van der Waals surface area contributed by atoms with Crippen molar-refractivity contribution in [3.05, 3.63) is 48.0 Å². The van der Waals surface area contributed by atoms with E-state index in [1.807, 2.05) is 37.3 Å². The molecule has 0 radical (unpaired) electrons. The van der Waals surface area contributed by atoms with Crippen molar-refractivity contribution in [2.75, 3.05) is 14.2 Å². The number of benzene rings is 2. The first-order chi connectivity index (χ1) is 9.17. The predicted octanol–water partition coefficient (Wildman–Crippen LogP) is 3.39. The second-order valence-electron chi connectivity index (χ2n) is 4.45.